The van der Waals surface area contributed by atoms with Gasteiger partial charge in [-0.3, -0.25) is 24.3 Å². The summed E-state index contributed by atoms with van der Waals surface area (Å²) in [5.74, 6) is -1.23. The lowest BCUT2D eigenvalue weighted by molar-refractivity contribution is -0.389. The summed E-state index contributed by atoms with van der Waals surface area (Å²) >= 11 is 1.10. The monoisotopic (exact) mass is 320 g/mol. The van der Waals surface area contributed by atoms with Gasteiger partial charge in [-0.25, -0.2) is 0 Å². The third kappa shape index (κ3) is 3.34. The van der Waals surface area contributed by atoms with Crippen LogP contribution >= 0.6 is 11.8 Å². The van der Waals surface area contributed by atoms with E-state index in [0.29, 0.717) is 5.69 Å². The molecule has 1 aromatic heterocycles. The van der Waals surface area contributed by atoms with Gasteiger partial charge in [-0.05, 0) is 25.1 Å². The number of nitro groups is 1. The highest BCUT2D eigenvalue weighted by molar-refractivity contribution is 7.99. The second-order valence-electron chi connectivity index (χ2n) is 4.46. The Morgan fingerprint density at radius 2 is 2.00 bits per heavy atom. The molecule has 7 nitrogen and oxygen atoms in total. The third-order valence-electron chi connectivity index (χ3n) is 2.89. The molecule has 0 saturated heterocycles. The lowest BCUT2D eigenvalue weighted by Crippen LogP contribution is -2.28. The highest BCUT2D eigenvalue weighted by Gasteiger charge is 2.24. The van der Waals surface area contributed by atoms with Crippen LogP contribution in [0.15, 0.2) is 51.0 Å². The number of aromatic nitrogens is 1. The van der Waals surface area contributed by atoms with Gasteiger partial charge in [-0.2, -0.15) is 0 Å². The van der Waals surface area contributed by atoms with E-state index in [0.717, 1.165) is 21.2 Å². The molecule has 114 valence electrons. The number of nitrogens with zero attached hydrogens (tertiary/aromatic N) is 2. The summed E-state index contributed by atoms with van der Waals surface area (Å²) in [6, 6.07) is 10.4. The first-order chi connectivity index (χ1) is 10.4. The number of rotatable bonds is 5. The van der Waals surface area contributed by atoms with Gasteiger partial charge < -0.3 is 5.11 Å². The van der Waals surface area contributed by atoms with Gasteiger partial charge in [0.25, 0.3) is 0 Å². The standard InChI is InChI=1S/C14H12N2O5S/c1-9-7-11(22-10-5-3-2-4-6-10)13(16(20)21)14(19)15(9)8-12(17)18/h2-7H,8H2,1H3,(H,17,18). The van der Waals surface area contributed by atoms with E-state index < -0.39 is 28.7 Å². The molecule has 0 fully saturated rings. The molecule has 0 aliphatic heterocycles. The number of carboxylic acids is 1. The van der Waals surface area contributed by atoms with Crippen LogP contribution in [-0.4, -0.2) is 20.6 Å². The minimum atomic E-state index is -1.23. The van der Waals surface area contributed by atoms with E-state index in [2.05, 4.69) is 0 Å². The zero-order valence-electron chi connectivity index (χ0n) is 11.6. The lowest BCUT2D eigenvalue weighted by atomic mass is 10.3. The first kappa shape index (κ1) is 15.8. The number of aryl methyl sites for hydroxylation is 1. The quantitative estimate of drug-likeness (QED) is 0.670. The highest BCUT2D eigenvalue weighted by atomic mass is 32.2. The maximum absolute atomic E-state index is 12.2. The van der Waals surface area contributed by atoms with Crippen molar-refractivity contribution >= 4 is 23.4 Å². The van der Waals surface area contributed by atoms with E-state index in [-0.39, 0.29) is 4.90 Å². The van der Waals surface area contributed by atoms with Gasteiger partial charge in [0.2, 0.25) is 0 Å². The van der Waals surface area contributed by atoms with Crippen LogP contribution in [0.1, 0.15) is 5.69 Å². The van der Waals surface area contributed by atoms with Gasteiger partial charge in [0.1, 0.15) is 6.54 Å². The number of pyridine rings is 1. The van der Waals surface area contributed by atoms with Gasteiger partial charge in [0.05, 0.1) is 9.82 Å². The number of hydrogen-bond acceptors (Lipinski definition) is 5. The Morgan fingerprint density at radius 3 is 2.55 bits per heavy atom. The van der Waals surface area contributed by atoms with Crippen molar-refractivity contribution in [3.8, 4) is 0 Å². The number of carboxylic acid groups (broad SMARTS) is 1. The smallest absolute Gasteiger partial charge is 0.347 e. The van der Waals surface area contributed by atoms with E-state index in [1.54, 1.807) is 31.2 Å². The van der Waals surface area contributed by atoms with Crippen LogP contribution in [0.3, 0.4) is 0 Å². The van der Waals surface area contributed by atoms with E-state index >= 15 is 0 Å². The average Bonchev–Trinajstić information content (AvgIpc) is 2.43. The van der Waals surface area contributed by atoms with Gasteiger partial charge >= 0.3 is 17.2 Å². The Kier molecular flexibility index (Phi) is 4.62. The molecule has 22 heavy (non-hydrogen) atoms. The molecule has 1 aromatic carbocycles. The van der Waals surface area contributed by atoms with Gasteiger partial charge in [0.15, 0.2) is 0 Å². The normalized spacial score (nSPS) is 10.4. The van der Waals surface area contributed by atoms with Gasteiger partial charge in [-0.15, -0.1) is 0 Å². The molecular formula is C14H12N2O5S. The number of hydrogen-bond donors (Lipinski definition) is 1. The predicted molar refractivity (Wildman–Crippen MR) is 80.3 cm³/mol. The van der Waals surface area contributed by atoms with E-state index in [1.165, 1.54) is 6.07 Å². The van der Waals surface area contributed by atoms with Crippen molar-refractivity contribution in [3.63, 3.8) is 0 Å². The maximum Gasteiger partial charge on any atom is 0.347 e. The number of benzene rings is 1. The first-order valence-corrected chi connectivity index (χ1v) is 7.05. The van der Waals surface area contributed by atoms with Crippen molar-refractivity contribution in [2.75, 3.05) is 0 Å². The van der Waals surface area contributed by atoms with Crippen LogP contribution in [0.2, 0.25) is 0 Å². The molecule has 1 heterocycles. The second kappa shape index (κ2) is 6.44. The van der Waals surface area contributed by atoms with Crippen LogP contribution < -0.4 is 5.56 Å². The molecular weight excluding hydrogens is 308 g/mol. The van der Waals surface area contributed by atoms with E-state index in [9.17, 15) is 19.7 Å². The Hall–Kier alpha value is -2.61. The predicted octanol–water partition coefficient (Wildman–Crippen LogP) is 2.30. The summed E-state index contributed by atoms with van der Waals surface area (Å²) in [6.45, 7) is 0.935. The fourth-order valence-electron chi connectivity index (χ4n) is 1.92. The van der Waals surface area contributed by atoms with E-state index in [4.69, 9.17) is 5.11 Å². The molecule has 0 atom stereocenters. The SMILES string of the molecule is Cc1cc(Sc2ccccc2)c([N+](=O)[O-])c(=O)n1CC(=O)O. The zero-order valence-corrected chi connectivity index (χ0v) is 12.4. The molecule has 0 saturated carbocycles. The minimum absolute atomic E-state index is 0.195. The Labute approximate surface area is 129 Å². The average molecular weight is 320 g/mol. The first-order valence-electron chi connectivity index (χ1n) is 6.23. The highest BCUT2D eigenvalue weighted by Crippen LogP contribution is 2.33. The summed E-state index contributed by atoms with van der Waals surface area (Å²) in [7, 11) is 0. The van der Waals surface area contributed by atoms with Crippen molar-refractivity contribution in [1.29, 1.82) is 0 Å². The topological polar surface area (TPSA) is 102 Å². The summed E-state index contributed by atoms with van der Waals surface area (Å²) in [5, 5.41) is 20.0. The van der Waals surface area contributed by atoms with E-state index in [1.807, 2.05) is 6.07 Å². The molecule has 1 N–H and O–H groups in total. The molecule has 8 heteroatoms. The third-order valence-corrected chi connectivity index (χ3v) is 3.93. The lowest BCUT2D eigenvalue weighted by Gasteiger charge is -2.10. The van der Waals surface area contributed by atoms with Crippen molar-refractivity contribution in [3.05, 3.63) is 62.6 Å². The van der Waals surface area contributed by atoms with Gasteiger partial charge in [-0.1, -0.05) is 30.0 Å². The van der Waals surface area contributed by atoms with Crippen molar-refractivity contribution in [2.24, 2.45) is 0 Å². The minimum Gasteiger partial charge on any atom is -0.480 e. The zero-order chi connectivity index (χ0) is 16.3. The van der Waals surface area contributed by atoms with Crippen LogP contribution in [0.4, 0.5) is 5.69 Å². The van der Waals surface area contributed by atoms with Crippen LogP contribution in [-0.2, 0) is 11.3 Å². The maximum atomic E-state index is 12.2. The molecule has 0 bridgehead atoms. The van der Waals surface area contributed by atoms with Gasteiger partial charge in [0, 0.05) is 10.6 Å². The van der Waals surface area contributed by atoms with Crippen molar-refractivity contribution in [1.82, 2.24) is 4.57 Å². The van der Waals surface area contributed by atoms with Crippen molar-refractivity contribution in [2.45, 2.75) is 23.3 Å². The summed E-state index contributed by atoms with van der Waals surface area (Å²) in [5.41, 5.74) is -1.16. The van der Waals surface area contributed by atoms with Crippen molar-refractivity contribution < 1.29 is 14.8 Å². The largest absolute Gasteiger partial charge is 0.480 e. The molecule has 2 aromatic rings. The summed E-state index contributed by atoms with van der Waals surface area (Å²) in [4.78, 5) is 34.4. The van der Waals surface area contributed by atoms with Crippen LogP contribution in [0.5, 0.6) is 0 Å². The Bertz CT molecular complexity index is 786. The fourth-order valence-corrected chi connectivity index (χ4v) is 2.96. The van der Waals surface area contributed by atoms with Crippen LogP contribution in [0.25, 0.3) is 0 Å². The molecule has 0 spiro atoms. The molecule has 0 aliphatic rings. The fraction of sp³-hybridized carbons (Fsp3) is 0.143. The second-order valence-corrected chi connectivity index (χ2v) is 5.57. The molecule has 2 rings (SSSR count). The molecule has 0 aliphatic carbocycles. The Balaban J connectivity index is 2.57. The molecule has 0 amide bonds. The number of carbonyl (C=O) groups is 1. The summed E-state index contributed by atoms with van der Waals surface area (Å²) in [6.07, 6.45) is 0. The Morgan fingerprint density at radius 1 is 1.36 bits per heavy atom. The summed E-state index contributed by atoms with van der Waals surface area (Å²) < 4.78 is 0.884. The van der Waals surface area contributed by atoms with Crippen LogP contribution in [0, 0.1) is 17.0 Å². The molecule has 0 unspecified atom stereocenters. The number of aliphatic carboxylic acids is 1. The molecule has 0 radical (unpaired) electrons.